The van der Waals surface area contributed by atoms with E-state index < -0.39 is 0 Å². The Bertz CT molecular complexity index is 494. The summed E-state index contributed by atoms with van der Waals surface area (Å²) in [7, 11) is 0. The van der Waals surface area contributed by atoms with Crippen molar-refractivity contribution >= 4 is 27.4 Å². The molecule has 4 nitrogen and oxygen atoms in total. The predicted octanol–water partition coefficient (Wildman–Crippen LogP) is 2.26. The fourth-order valence-corrected chi connectivity index (χ4v) is 2.51. The van der Waals surface area contributed by atoms with Crippen molar-refractivity contribution in [2.24, 2.45) is 11.7 Å². The summed E-state index contributed by atoms with van der Waals surface area (Å²) in [6.45, 7) is 5.81. The highest BCUT2D eigenvalue weighted by Crippen LogP contribution is 2.28. The van der Waals surface area contributed by atoms with Crippen LogP contribution in [0, 0.1) is 5.92 Å². The Labute approximate surface area is 105 Å². The Kier molecular flexibility index (Phi) is 3.91. The first-order valence-electron chi connectivity index (χ1n) is 5.92. The molecule has 0 aromatic carbocycles. The molecule has 92 valence electrons. The van der Waals surface area contributed by atoms with Crippen LogP contribution in [0.4, 0.5) is 5.82 Å². The zero-order valence-electron chi connectivity index (χ0n) is 10.2. The van der Waals surface area contributed by atoms with Crippen LogP contribution in [-0.2, 0) is 6.42 Å². The van der Waals surface area contributed by atoms with Gasteiger partial charge in [-0.3, -0.25) is 0 Å². The Morgan fingerprint density at radius 1 is 1.47 bits per heavy atom. The van der Waals surface area contributed by atoms with Crippen LogP contribution in [-0.4, -0.2) is 23.1 Å². The number of fused-ring (bicyclic) bond motifs is 1. The number of nitrogens with zero attached hydrogens (tertiary/aromatic N) is 2. The highest BCUT2D eigenvalue weighted by molar-refractivity contribution is 7.18. The van der Waals surface area contributed by atoms with Crippen molar-refractivity contribution in [1.29, 1.82) is 0 Å². The van der Waals surface area contributed by atoms with E-state index >= 15 is 0 Å². The smallest absolute Gasteiger partial charge is 0.138 e. The molecule has 0 saturated heterocycles. The van der Waals surface area contributed by atoms with E-state index in [9.17, 15) is 0 Å². The summed E-state index contributed by atoms with van der Waals surface area (Å²) in [5.74, 6) is 1.37. The van der Waals surface area contributed by atoms with Gasteiger partial charge in [0, 0.05) is 11.4 Å². The van der Waals surface area contributed by atoms with Gasteiger partial charge in [0.1, 0.15) is 17.0 Å². The van der Waals surface area contributed by atoms with E-state index in [1.165, 1.54) is 4.88 Å². The van der Waals surface area contributed by atoms with E-state index in [2.05, 4.69) is 35.2 Å². The molecule has 0 aliphatic carbocycles. The van der Waals surface area contributed by atoms with E-state index in [1.807, 2.05) is 0 Å². The van der Waals surface area contributed by atoms with Gasteiger partial charge in [-0.2, -0.15) is 0 Å². The van der Waals surface area contributed by atoms with Gasteiger partial charge in [-0.25, -0.2) is 9.97 Å². The zero-order valence-corrected chi connectivity index (χ0v) is 11.0. The molecule has 0 fully saturated rings. The SMILES string of the molecule is CCc1cc2c(NCC(C)CN)ncnc2s1. The summed E-state index contributed by atoms with van der Waals surface area (Å²) in [5, 5.41) is 4.47. The molecule has 0 aliphatic rings. The average molecular weight is 250 g/mol. The van der Waals surface area contributed by atoms with Gasteiger partial charge in [-0.05, 0) is 24.9 Å². The van der Waals surface area contributed by atoms with Gasteiger partial charge >= 0.3 is 0 Å². The molecule has 2 heterocycles. The lowest BCUT2D eigenvalue weighted by atomic mass is 10.2. The number of rotatable bonds is 5. The monoisotopic (exact) mass is 250 g/mol. The molecule has 1 atom stereocenters. The molecule has 1 unspecified atom stereocenters. The maximum absolute atomic E-state index is 5.60. The van der Waals surface area contributed by atoms with Gasteiger partial charge in [-0.1, -0.05) is 13.8 Å². The maximum Gasteiger partial charge on any atom is 0.138 e. The van der Waals surface area contributed by atoms with Crippen molar-refractivity contribution in [1.82, 2.24) is 9.97 Å². The van der Waals surface area contributed by atoms with Crippen molar-refractivity contribution in [3.8, 4) is 0 Å². The lowest BCUT2D eigenvalue weighted by Crippen LogP contribution is -2.20. The minimum Gasteiger partial charge on any atom is -0.369 e. The van der Waals surface area contributed by atoms with Gasteiger partial charge in [-0.15, -0.1) is 11.3 Å². The Morgan fingerprint density at radius 3 is 3.00 bits per heavy atom. The summed E-state index contributed by atoms with van der Waals surface area (Å²) < 4.78 is 0. The van der Waals surface area contributed by atoms with Gasteiger partial charge in [0.2, 0.25) is 0 Å². The van der Waals surface area contributed by atoms with Crippen molar-refractivity contribution in [2.75, 3.05) is 18.4 Å². The predicted molar refractivity (Wildman–Crippen MR) is 73.5 cm³/mol. The second-order valence-electron chi connectivity index (χ2n) is 4.23. The number of aromatic nitrogens is 2. The maximum atomic E-state index is 5.60. The number of nitrogens with two attached hydrogens (primary N) is 1. The van der Waals surface area contributed by atoms with Gasteiger partial charge in [0.25, 0.3) is 0 Å². The molecule has 0 amide bonds. The van der Waals surface area contributed by atoms with Crippen LogP contribution in [0.5, 0.6) is 0 Å². The number of hydrogen-bond acceptors (Lipinski definition) is 5. The minimum atomic E-state index is 0.448. The first-order valence-corrected chi connectivity index (χ1v) is 6.73. The standard InChI is InChI=1S/C12H18N4S/c1-3-9-4-10-11(14-6-8(2)5-13)15-7-16-12(10)17-9/h4,7-8H,3,5-6,13H2,1-2H3,(H,14,15,16). The molecule has 0 spiro atoms. The van der Waals surface area contributed by atoms with Crippen LogP contribution in [0.25, 0.3) is 10.2 Å². The quantitative estimate of drug-likeness (QED) is 0.854. The number of hydrogen-bond donors (Lipinski definition) is 2. The molecule has 2 rings (SSSR count). The van der Waals surface area contributed by atoms with E-state index in [-0.39, 0.29) is 0 Å². The van der Waals surface area contributed by atoms with Crippen LogP contribution in [0.3, 0.4) is 0 Å². The Hall–Kier alpha value is -1.20. The number of thiophene rings is 1. The summed E-state index contributed by atoms with van der Waals surface area (Å²) in [6.07, 6.45) is 2.66. The summed E-state index contributed by atoms with van der Waals surface area (Å²) in [5.41, 5.74) is 5.60. The second kappa shape index (κ2) is 5.42. The summed E-state index contributed by atoms with van der Waals surface area (Å²) in [6, 6.07) is 2.18. The van der Waals surface area contributed by atoms with Gasteiger partial charge in [0.05, 0.1) is 5.39 Å². The Morgan fingerprint density at radius 2 is 2.29 bits per heavy atom. The van der Waals surface area contributed by atoms with E-state index in [1.54, 1.807) is 17.7 Å². The van der Waals surface area contributed by atoms with Crippen LogP contribution in [0.15, 0.2) is 12.4 Å². The molecular weight excluding hydrogens is 232 g/mol. The Balaban J connectivity index is 2.24. The molecule has 2 aromatic rings. The van der Waals surface area contributed by atoms with Gasteiger partial charge < -0.3 is 11.1 Å². The van der Waals surface area contributed by atoms with Crippen molar-refractivity contribution in [3.63, 3.8) is 0 Å². The van der Waals surface area contributed by atoms with Gasteiger partial charge in [0.15, 0.2) is 0 Å². The lowest BCUT2D eigenvalue weighted by Gasteiger charge is -2.10. The van der Waals surface area contributed by atoms with Crippen LogP contribution in [0.1, 0.15) is 18.7 Å². The molecule has 5 heteroatoms. The molecular formula is C12H18N4S. The third-order valence-electron chi connectivity index (χ3n) is 2.75. The first kappa shape index (κ1) is 12.3. The normalized spacial score (nSPS) is 12.9. The summed E-state index contributed by atoms with van der Waals surface area (Å²) in [4.78, 5) is 11.0. The van der Waals surface area contributed by atoms with E-state index in [0.29, 0.717) is 12.5 Å². The third kappa shape index (κ3) is 2.73. The minimum absolute atomic E-state index is 0.448. The molecule has 2 aromatic heterocycles. The molecule has 17 heavy (non-hydrogen) atoms. The van der Waals surface area contributed by atoms with Crippen LogP contribution < -0.4 is 11.1 Å². The van der Waals surface area contributed by atoms with Crippen molar-refractivity contribution in [2.45, 2.75) is 20.3 Å². The molecule has 0 aliphatic heterocycles. The summed E-state index contributed by atoms with van der Waals surface area (Å²) >= 11 is 1.74. The largest absolute Gasteiger partial charge is 0.369 e. The van der Waals surface area contributed by atoms with Crippen molar-refractivity contribution in [3.05, 3.63) is 17.3 Å². The number of nitrogens with one attached hydrogen (secondary N) is 1. The van der Waals surface area contributed by atoms with E-state index in [4.69, 9.17) is 5.73 Å². The fraction of sp³-hybridized carbons (Fsp3) is 0.500. The van der Waals surface area contributed by atoms with Crippen molar-refractivity contribution < 1.29 is 0 Å². The molecule has 0 bridgehead atoms. The number of anilines is 1. The molecule has 3 N–H and O–H groups in total. The molecule has 0 saturated carbocycles. The van der Waals surface area contributed by atoms with Crippen LogP contribution in [0.2, 0.25) is 0 Å². The molecule has 0 radical (unpaired) electrons. The second-order valence-corrected chi connectivity index (χ2v) is 5.34. The number of aryl methyl sites for hydroxylation is 1. The highest BCUT2D eigenvalue weighted by Gasteiger charge is 2.08. The third-order valence-corrected chi connectivity index (χ3v) is 3.94. The lowest BCUT2D eigenvalue weighted by molar-refractivity contribution is 0.627. The first-order chi connectivity index (χ1) is 8.24. The van der Waals surface area contributed by atoms with Crippen LogP contribution >= 0.6 is 11.3 Å². The highest BCUT2D eigenvalue weighted by atomic mass is 32.1. The topological polar surface area (TPSA) is 63.8 Å². The average Bonchev–Trinajstić information content (AvgIpc) is 2.79. The zero-order chi connectivity index (χ0) is 12.3. The fourth-order valence-electron chi connectivity index (χ4n) is 1.57. The van der Waals surface area contributed by atoms with E-state index in [0.717, 1.165) is 29.0 Å².